The fraction of sp³-hybridized carbons (Fsp3) is 0.333. The minimum atomic E-state index is -0.264. The molecule has 1 aromatic heterocycles. The Kier molecular flexibility index (Phi) is 4.07. The Morgan fingerprint density at radius 2 is 2.00 bits per heavy atom. The number of aromatic nitrogens is 1. The van der Waals surface area contributed by atoms with E-state index in [0.29, 0.717) is 11.1 Å². The number of benzene rings is 1. The average Bonchev–Trinajstić information content (AvgIpc) is 2.48. The molecule has 0 unspecified atom stereocenters. The Hall–Kier alpha value is -1.66. The topological polar surface area (TPSA) is 74.0 Å². The minimum Gasteiger partial charge on any atom is -0.349 e. The van der Waals surface area contributed by atoms with Crippen molar-refractivity contribution in [1.29, 1.82) is 0 Å². The molecule has 0 spiro atoms. The summed E-state index contributed by atoms with van der Waals surface area (Å²) in [7, 11) is 0. The van der Waals surface area contributed by atoms with Crippen LogP contribution in [0, 0.1) is 0 Å². The van der Waals surface area contributed by atoms with Gasteiger partial charge in [0.05, 0.1) is 5.56 Å². The van der Waals surface area contributed by atoms with Crippen molar-refractivity contribution in [3.63, 3.8) is 0 Å². The summed E-state index contributed by atoms with van der Waals surface area (Å²) in [4.78, 5) is 27.0. The van der Waals surface area contributed by atoms with Gasteiger partial charge in [-0.25, -0.2) is 0 Å². The molecule has 6 heteroatoms. The van der Waals surface area contributed by atoms with Crippen molar-refractivity contribution in [1.82, 2.24) is 15.6 Å². The van der Waals surface area contributed by atoms with Gasteiger partial charge in [-0.1, -0.05) is 15.9 Å². The quantitative estimate of drug-likeness (QED) is 0.773. The van der Waals surface area contributed by atoms with E-state index in [4.69, 9.17) is 0 Å². The molecule has 1 fully saturated rings. The van der Waals surface area contributed by atoms with Gasteiger partial charge in [0.2, 0.25) is 5.56 Å². The molecular formula is C15H16BrN3O2. The average molecular weight is 350 g/mol. The maximum Gasteiger partial charge on any atom is 0.252 e. The summed E-state index contributed by atoms with van der Waals surface area (Å²) in [5.41, 5.74) is 0.829. The highest BCUT2D eigenvalue weighted by Crippen LogP contribution is 2.20. The molecule has 3 rings (SSSR count). The third-order valence-corrected chi connectivity index (χ3v) is 4.22. The number of rotatable bonds is 2. The molecular weight excluding hydrogens is 334 g/mol. The van der Waals surface area contributed by atoms with Gasteiger partial charge in [-0.2, -0.15) is 0 Å². The van der Waals surface area contributed by atoms with Gasteiger partial charge >= 0.3 is 0 Å². The van der Waals surface area contributed by atoms with E-state index in [-0.39, 0.29) is 17.5 Å². The Morgan fingerprint density at radius 3 is 2.76 bits per heavy atom. The molecule has 0 saturated carbocycles. The normalized spacial score (nSPS) is 16.0. The van der Waals surface area contributed by atoms with E-state index in [1.807, 2.05) is 12.1 Å². The van der Waals surface area contributed by atoms with Gasteiger partial charge in [0.15, 0.2) is 0 Å². The number of pyridine rings is 1. The number of piperidine rings is 1. The summed E-state index contributed by atoms with van der Waals surface area (Å²) in [5, 5.41) is 7.03. The Balaban J connectivity index is 1.96. The van der Waals surface area contributed by atoms with Gasteiger partial charge < -0.3 is 15.6 Å². The lowest BCUT2D eigenvalue weighted by Crippen LogP contribution is -2.42. The summed E-state index contributed by atoms with van der Waals surface area (Å²) >= 11 is 3.40. The number of carbonyl (C=O) groups excluding carboxylic acids is 1. The molecule has 110 valence electrons. The number of amides is 1. The lowest BCUT2D eigenvalue weighted by atomic mass is 10.0. The number of hydrogen-bond acceptors (Lipinski definition) is 3. The van der Waals surface area contributed by atoms with Gasteiger partial charge in [0, 0.05) is 27.5 Å². The second-order valence-corrected chi connectivity index (χ2v) is 6.15. The van der Waals surface area contributed by atoms with Crippen LogP contribution in [0.3, 0.4) is 0 Å². The third kappa shape index (κ3) is 3.16. The first-order valence-corrected chi connectivity index (χ1v) is 7.77. The molecule has 3 N–H and O–H groups in total. The van der Waals surface area contributed by atoms with Crippen LogP contribution in [0.1, 0.15) is 23.2 Å². The van der Waals surface area contributed by atoms with Crippen molar-refractivity contribution in [2.75, 3.05) is 13.1 Å². The fourth-order valence-corrected chi connectivity index (χ4v) is 3.00. The van der Waals surface area contributed by atoms with Crippen molar-refractivity contribution in [2.24, 2.45) is 0 Å². The first-order chi connectivity index (χ1) is 10.1. The fourth-order valence-electron chi connectivity index (χ4n) is 2.64. The van der Waals surface area contributed by atoms with Crippen LogP contribution in [0.15, 0.2) is 33.5 Å². The van der Waals surface area contributed by atoms with Gasteiger partial charge in [0.25, 0.3) is 5.91 Å². The molecule has 0 bridgehead atoms. The molecule has 0 aliphatic carbocycles. The Bertz CT molecular complexity index is 735. The third-order valence-electron chi connectivity index (χ3n) is 3.72. The molecule has 0 radical (unpaired) electrons. The largest absolute Gasteiger partial charge is 0.349 e. The summed E-state index contributed by atoms with van der Waals surface area (Å²) in [5.74, 6) is -0.184. The van der Waals surface area contributed by atoms with Crippen LogP contribution in [0.2, 0.25) is 0 Å². The molecule has 1 saturated heterocycles. The molecule has 21 heavy (non-hydrogen) atoms. The number of fused-ring (bicyclic) bond motifs is 1. The van der Waals surface area contributed by atoms with Gasteiger partial charge in [-0.3, -0.25) is 9.59 Å². The smallest absolute Gasteiger partial charge is 0.252 e. The van der Waals surface area contributed by atoms with Gasteiger partial charge in [0.1, 0.15) is 0 Å². The number of halogens is 1. The van der Waals surface area contributed by atoms with E-state index >= 15 is 0 Å². The predicted molar refractivity (Wildman–Crippen MR) is 85.6 cm³/mol. The zero-order valence-corrected chi connectivity index (χ0v) is 13.0. The van der Waals surface area contributed by atoms with Crippen molar-refractivity contribution < 1.29 is 4.79 Å². The molecule has 1 aliphatic heterocycles. The van der Waals surface area contributed by atoms with Crippen LogP contribution in [0.5, 0.6) is 0 Å². The second kappa shape index (κ2) is 5.99. The summed E-state index contributed by atoms with van der Waals surface area (Å²) < 4.78 is 0.873. The first-order valence-electron chi connectivity index (χ1n) is 6.97. The van der Waals surface area contributed by atoms with Crippen LogP contribution in [-0.4, -0.2) is 30.0 Å². The van der Waals surface area contributed by atoms with E-state index in [1.165, 1.54) is 6.07 Å². The number of H-pyrrole nitrogens is 1. The maximum atomic E-state index is 12.5. The molecule has 1 aliphatic rings. The van der Waals surface area contributed by atoms with Crippen molar-refractivity contribution in [3.05, 3.63) is 44.7 Å². The number of hydrogen-bond donors (Lipinski definition) is 3. The highest BCUT2D eigenvalue weighted by molar-refractivity contribution is 9.10. The van der Waals surface area contributed by atoms with Crippen LogP contribution < -0.4 is 16.2 Å². The van der Waals surface area contributed by atoms with E-state index < -0.39 is 0 Å². The van der Waals surface area contributed by atoms with Gasteiger partial charge in [-0.15, -0.1) is 0 Å². The highest BCUT2D eigenvalue weighted by Gasteiger charge is 2.18. The molecule has 1 amide bonds. The van der Waals surface area contributed by atoms with Crippen LogP contribution >= 0.6 is 15.9 Å². The number of nitrogens with one attached hydrogen (secondary N) is 3. The lowest BCUT2D eigenvalue weighted by molar-refractivity contribution is 0.0931. The molecule has 1 aromatic carbocycles. The minimum absolute atomic E-state index is 0.167. The predicted octanol–water partition coefficient (Wildman–Crippen LogP) is 1.77. The van der Waals surface area contributed by atoms with Crippen LogP contribution in [0.25, 0.3) is 10.9 Å². The van der Waals surface area contributed by atoms with Crippen molar-refractivity contribution in [2.45, 2.75) is 18.9 Å². The monoisotopic (exact) mass is 349 g/mol. The Labute approximate surface area is 130 Å². The Morgan fingerprint density at radius 1 is 1.24 bits per heavy atom. The molecule has 2 heterocycles. The number of carbonyl (C=O) groups is 1. The maximum absolute atomic E-state index is 12.5. The van der Waals surface area contributed by atoms with Crippen molar-refractivity contribution >= 4 is 32.7 Å². The SMILES string of the molecule is O=C(NC1CCNCC1)c1cc(=O)[nH]c2ccc(Br)cc12. The zero-order valence-electron chi connectivity index (χ0n) is 11.4. The lowest BCUT2D eigenvalue weighted by Gasteiger charge is -2.23. The number of aromatic amines is 1. The summed E-state index contributed by atoms with van der Waals surface area (Å²) in [6.45, 7) is 1.82. The molecule has 2 aromatic rings. The standard InChI is InChI=1S/C15H16BrN3O2/c16-9-1-2-13-11(7-9)12(8-14(20)19-13)15(21)18-10-3-5-17-6-4-10/h1-2,7-8,10,17H,3-6H2,(H,18,21)(H,19,20). The summed E-state index contributed by atoms with van der Waals surface area (Å²) in [6.07, 6.45) is 1.83. The highest BCUT2D eigenvalue weighted by atomic mass is 79.9. The first kappa shape index (κ1) is 14.3. The van der Waals surface area contributed by atoms with Crippen LogP contribution in [0.4, 0.5) is 0 Å². The van der Waals surface area contributed by atoms with E-state index in [1.54, 1.807) is 6.07 Å². The van der Waals surface area contributed by atoms with Gasteiger partial charge in [-0.05, 0) is 44.1 Å². The summed E-state index contributed by atoms with van der Waals surface area (Å²) in [6, 6.07) is 7.02. The van der Waals surface area contributed by atoms with E-state index in [9.17, 15) is 9.59 Å². The van der Waals surface area contributed by atoms with Crippen molar-refractivity contribution in [3.8, 4) is 0 Å². The van der Waals surface area contributed by atoms with E-state index in [0.717, 1.165) is 35.8 Å². The van der Waals surface area contributed by atoms with Crippen LogP contribution in [-0.2, 0) is 0 Å². The molecule has 5 nitrogen and oxygen atoms in total. The van der Waals surface area contributed by atoms with E-state index in [2.05, 4.69) is 31.5 Å². The molecule has 0 atom stereocenters. The zero-order chi connectivity index (χ0) is 14.8. The second-order valence-electron chi connectivity index (χ2n) is 5.23.